The maximum atomic E-state index is 11.9. The van der Waals surface area contributed by atoms with Crippen LogP contribution in [-0.2, 0) is 9.59 Å². The number of nitrogens with one attached hydrogen (secondary N) is 1. The molecule has 1 aliphatic heterocycles. The number of carboxylic acids is 1. The largest absolute Gasteiger partial charge is 0.481 e. The van der Waals surface area contributed by atoms with Gasteiger partial charge in [-0.15, -0.1) is 0 Å². The molecule has 114 valence electrons. The number of hydrogen-bond acceptors (Lipinski definition) is 5. The molecule has 2 N–H and O–H groups in total. The number of piperidine rings is 1. The van der Waals surface area contributed by atoms with Crippen LogP contribution in [-0.4, -0.2) is 51.5 Å². The van der Waals surface area contributed by atoms with Crippen LogP contribution in [0.15, 0.2) is 18.5 Å². The number of carboxylic acid groups (broad SMARTS) is 1. The lowest BCUT2D eigenvalue weighted by Crippen LogP contribution is -2.40. The maximum Gasteiger partial charge on any atom is 0.303 e. The highest BCUT2D eigenvalue weighted by molar-refractivity contribution is 5.90. The second-order valence-electron chi connectivity index (χ2n) is 5.30. The smallest absolute Gasteiger partial charge is 0.303 e. The SMILES string of the molecule is O=C(O)CCC1CCCN(CC(=O)Nc2ncccn2)C1. The Labute approximate surface area is 123 Å². The van der Waals surface area contributed by atoms with Gasteiger partial charge in [0.05, 0.1) is 6.54 Å². The van der Waals surface area contributed by atoms with Crippen LogP contribution in [0.2, 0.25) is 0 Å². The van der Waals surface area contributed by atoms with E-state index in [-0.39, 0.29) is 12.3 Å². The molecule has 1 amide bonds. The Morgan fingerprint density at radius 2 is 2.14 bits per heavy atom. The van der Waals surface area contributed by atoms with Gasteiger partial charge in [0.1, 0.15) is 0 Å². The number of carbonyl (C=O) groups excluding carboxylic acids is 1. The van der Waals surface area contributed by atoms with E-state index in [4.69, 9.17) is 5.11 Å². The standard InChI is InChI=1S/C14H20N4O3/c19-12(17-14-15-6-2-7-16-14)10-18-8-1-3-11(9-18)4-5-13(20)21/h2,6-7,11H,1,3-5,8-10H2,(H,20,21)(H,15,16,17,19). The maximum absolute atomic E-state index is 11.9. The highest BCUT2D eigenvalue weighted by atomic mass is 16.4. The third-order valence-corrected chi connectivity index (χ3v) is 3.55. The summed E-state index contributed by atoms with van der Waals surface area (Å²) in [5.41, 5.74) is 0. The van der Waals surface area contributed by atoms with Crippen LogP contribution in [0.5, 0.6) is 0 Å². The van der Waals surface area contributed by atoms with E-state index in [1.807, 2.05) is 0 Å². The summed E-state index contributed by atoms with van der Waals surface area (Å²) in [7, 11) is 0. The fourth-order valence-corrected chi connectivity index (χ4v) is 2.59. The van der Waals surface area contributed by atoms with Gasteiger partial charge in [-0.2, -0.15) is 0 Å². The summed E-state index contributed by atoms with van der Waals surface area (Å²) in [5, 5.41) is 11.4. The molecule has 1 saturated heterocycles. The van der Waals surface area contributed by atoms with Crippen LogP contribution in [0.25, 0.3) is 0 Å². The fourth-order valence-electron chi connectivity index (χ4n) is 2.59. The third kappa shape index (κ3) is 5.47. The van der Waals surface area contributed by atoms with Crippen molar-refractivity contribution in [1.82, 2.24) is 14.9 Å². The minimum atomic E-state index is -0.758. The fraction of sp³-hybridized carbons (Fsp3) is 0.571. The van der Waals surface area contributed by atoms with Gasteiger partial charge in [0.15, 0.2) is 0 Å². The molecule has 2 rings (SSSR count). The molecule has 0 saturated carbocycles. The molecule has 2 heterocycles. The lowest BCUT2D eigenvalue weighted by atomic mass is 9.93. The van der Waals surface area contributed by atoms with E-state index in [2.05, 4.69) is 20.2 Å². The minimum absolute atomic E-state index is 0.139. The van der Waals surface area contributed by atoms with Crippen molar-refractivity contribution in [2.45, 2.75) is 25.7 Å². The summed E-state index contributed by atoms with van der Waals surface area (Å²) in [4.78, 5) is 32.5. The van der Waals surface area contributed by atoms with Crippen LogP contribution in [0.3, 0.4) is 0 Å². The Kier molecular flexibility index (Phi) is 5.62. The number of aromatic nitrogens is 2. The topological polar surface area (TPSA) is 95.4 Å². The molecule has 7 nitrogen and oxygen atoms in total. The summed E-state index contributed by atoms with van der Waals surface area (Å²) in [6.45, 7) is 1.94. The lowest BCUT2D eigenvalue weighted by Gasteiger charge is -2.31. The number of hydrogen-bond donors (Lipinski definition) is 2. The van der Waals surface area contributed by atoms with E-state index < -0.39 is 5.97 Å². The molecule has 0 aliphatic carbocycles. The van der Waals surface area contributed by atoms with E-state index in [1.54, 1.807) is 18.5 Å². The molecule has 1 aromatic heterocycles. The number of nitrogens with zero attached hydrogens (tertiary/aromatic N) is 3. The van der Waals surface area contributed by atoms with E-state index in [0.717, 1.165) is 25.9 Å². The third-order valence-electron chi connectivity index (χ3n) is 3.55. The van der Waals surface area contributed by atoms with Crippen molar-refractivity contribution in [2.75, 3.05) is 25.0 Å². The molecular formula is C14H20N4O3. The number of aliphatic carboxylic acids is 1. The van der Waals surface area contributed by atoms with E-state index >= 15 is 0 Å². The van der Waals surface area contributed by atoms with Gasteiger partial charge < -0.3 is 5.11 Å². The number of rotatable bonds is 6. The van der Waals surface area contributed by atoms with Gasteiger partial charge in [-0.05, 0) is 37.8 Å². The Morgan fingerprint density at radius 1 is 1.38 bits per heavy atom. The molecule has 1 unspecified atom stereocenters. The van der Waals surface area contributed by atoms with Crippen LogP contribution in [0, 0.1) is 5.92 Å². The van der Waals surface area contributed by atoms with Gasteiger partial charge in [-0.3, -0.25) is 19.8 Å². The Bertz CT molecular complexity index is 480. The van der Waals surface area contributed by atoms with Crippen molar-refractivity contribution in [3.63, 3.8) is 0 Å². The van der Waals surface area contributed by atoms with E-state index in [0.29, 0.717) is 24.8 Å². The van der Waals surface area contributed by atoms with E-state index in [9.17, 15) is 9.59 Å². The molecular weight excluding hydrogens is 272 g/mol. The molecule has 1 atom stereocenters. The Hall–Kier alpha value is -2.02. The molecule has 1 fully saturated rings. The summed E-state index contributed by atoms with van der Waals surface area (Å²) < 4.78 is 0. The minimum Gasteiger partial charge on any atom is -0.481 e. The van der Waals surface area contributed by atoms with Crippen LogP contribution >= 0.6 is 0 Å². The highest BCUT2D eigenvalue weighted by Gasteiger charge is 2.22. The number of carbonyl (C=O) groups is 2. The van der Waals surface area contributed by atoms with Gasteiger partial charge in [-0.25, -0.2) is 9.97 Å². The average molecular weight is 292 g/mol. The van der Waals surface area contributed by atoms with Crippen molar-refractivity contribution in [1.29, 1.82) is 0 Å². The number of amides is 1. The molecule has 0 aromatic carbocycles. The lowest BCUT2D eigenvalue weighted by molar-refractivity contribution is -0.137. The highest BCUT2D eigenvalue weighted by Crippen LogP contribution is 2.20. The zero-order valence-electron chi connectivity index (χ0n) is 11.9. The number of anilines is 1. The van der Waals surface area contributed by atoms with Crippen LogP contribution in [0.4, 0.5) is 5.95 Å². The zero-order valence-corrected chi connectivity index (χ0v) is 11.9. The summed E-state index contributed by atoms with van der Waals surface area (Å²) in [6.07, 6.45) is 6.06. The predicted molar refractivity (Wildman–Crippen MR) is 76.7 cm³/mol. The normalized spacial score (nSPS) is 19.1. The van der Waals surface area contributed by atoms with Gasteiger partial charge >= 0.3 is 5.97 Å². The second-order valence-corrected chi connectivity index (χ2v) is 5.30. The first-order valence-electron chi connectivity index (χ1n) is 7.14. The first kappa shape index (κ1) is 15.4. The zero-order chi connectivity index (χ0) is 15.1. The van der Waals surface area contributed by atoms with Crippen molar-refractivity contribution < 1.29 is 14.7 Å². The summed E-state index contributed by atoms with van der Waals surface area (Å²) in [5.74, 6) is -0.233. The van der Waals surface area contributed by atoms with Crippen LogP contribution in [0.1, 0.15) is 25.7 Å². The molecule has 0 bridgehead atoms. The van der Waals surface area contributed by atoms with Crippen molar-refractivity contribution in [3.05, 3.63) is 18.5 Å². The molecule has 0 radical (unpaired) electrons. The predicted octanol–water partition coefficient (Wildman–Crippen LogP) is 0.992. The average Bonchev–Trinajstić information content (AvgIpc) is 2.46. The molecule has 21 heavy (non-hydrogen) atoms. The molecule has 1 aromatic rings. The quantitative estimate of drug-likeness (QED) is 0.812. The van der Waals surface area contributed by atoms with Crippen LogP contribution < -0.4 is 5.32 Å². The molecule has 7 heteroatoms. The molecule has 1 aliphatic rings. The molecule has 0 spiro atoms. The number of likely N-dealkylation sites (tertiary alicyclic amines) is 1. The summed E-state index contributed by atoms with van der Waals surface area (Å²) >= 11 is 0. The van der Waals surface area contributed by atoms with Crippen molar-refractivity contribution in [2.24, 2.45) is 5.92 Å². The first-order chi connectivity index (χ1) is 10.1. The second kappa shape index (κ2) is 7.68. The Morgan fingerprint density at radius 3 is 2.86 bits per heavy atom. The van der Waals surface area contributed by atoms with Gasteiger partial charge in [0, 0.05) is 25.4 Å². The van der Waals surface area contributed by atoms with Gasteiger partial charge in [0.25, 0.3) is 0 Å². The van der Waals surface area contributed by atoms with Crippen molar-refractivity contribution >= 4 is 17.8 Å². The van der Waals surface area contributed by atoms with Gasteiger partial charge in [-0.1, -0.05) is 0 Å². The van der Waals surface area contributed by atoms with Gasteiger partial charge in [0.2, 0.25) is 11.9 Å². The first-order valence-corrected chi connectivity index (χ1v) is 7.14. The summed E-state index contributed by atoms with van der Waals surface area (Å²) in [6, 6.07) is 1.69. The van der Waals surface area contributed by atoms with E-state index in [1.165, 1.54) is 0 Å². The monoisotopic (exact) mass is 292 g/mol. The Balaban J connectivity index is 1.76. The van der Waals surface area contributed by atoms with Crippen molar-refractivity contribution in [3.8, 4) is 0 Å².